The summed E-state index contributed by atoms with van der Waals surface area (Å²) >= 11 is 2.17. The van der Waals surface area contributed by atoms with Crippen LogP contribution in [0.3, 0.4) is 0 Å². The maximum Gasteiger partial charge on any atom is 0.387 e. The smallest absolute Gasteiger partial charge is 0.387 e. The zero-order valence-electron chi connectivity index (χ0n) is 10.9. The van der Waals surface area contributed by atoms with Crippen molar-refractivity contribution in [3.05, 3.63) is 32.4 Å². The van der Waals surface area contributed by atoms with E-state index in [4.69, 9.17) is 5.11 Å². The van der Waals surface area contributed by atoms with Crippen LogP contribution in [-0.2, 0) is 6.42 Å². The summed E-state index contributed by atoms with van der Waals surface area (Å²) in [6.07, 6.45) is 0.347. The highest BCUT2D eigenvalue weighted by Crippen LogP contribution is 2.26. The average Bonchev–Trinajstić information content (AvgIpc) is 3.07. The second-order valence-electron chi connectivity index (χ2n) is 3.93. The number of carbonyl (C=O) groups is 2. The molecule has 0 spiro atoms. The molecular formula is C12H10F2N2O4S2. The van der Waals surface area contributed by atoms with Crippen LogP contribution in [0.1, 0.15) is 25.2 Å². The van der Waals surface area contributed by atoms with Crippen molar-refractivity contribution in [2.45, 2.75) is 13.0 Å². The van der Waals surface area contributed by atoms with Gasteiger partial charge in [0.1, 0.15) is 10.6 Å². The van der Waals surface area contributed by atoms with E-state index >= 15 is 0 Å². The number of thiophene rings is 1. The lowest BCUT2D eigenvalue weighted by Gasteiger charge is -2.06. The predicted octanol–water partition coefficient (Wildman–Crippen LogP) is 2.48. The first-order chi connectivity index (χ1) is 10.5. The first-order valence-corrected chi connectivity index (χ1v) is 7.71. The maximum atomic E-state index is 12.2. The van der Waals surface area contributed by atoms with E-state index in [9.17, 15) is 18.4 Å². The van der Waals surface area contributed by atoms with Gasteiger partial charge in [-0.3, -0.25) is 4.79 Å². The number of halogens is 2. The SMILES string of the molecule is O=C(O)c1csc(CCNC(=O)c2sccc2OC(F)F)n1. The molecule has 0 bridgehead atoms. The number of ether oxygens (including phenoxy) is 1. The van der Waals surface area contributed by atoms with Gasteiger partial charge in [-0.2, -0.15) is 8.78 Å². The van der Waals surface area contributed by atoms with Gasteiger partial charge in [0.05, 0.1) is 5.01 Å². The third-order valence-corrected chi connectivity index (χ3v) is 4.25. The Kier molecular flexibility index (Phi) is 5.39. The quantitative estimate of drug-likeness (QED) is 0.802. The Labute approximate surface area is 131 Å². The zero-order chi connectivity index (χ0) is 16.1. The highest BCUT2D eigenvalue weighted by atomic mass is 32.1. The van der Waals surface area contributed by atoms with Crippen LogP contribution in [-0.4, -0.2) is 35.1 Å². The standard InChI is InChI=1S/C12H10F2N2O4S2/c13-12(14)20-7-2-4-21-9(7)10(17)15-3-1-8-16-6(5-22-8)11(18)19/h2,4-5,12H,1,3H2,(H,15,17)(H,18,19). The number of aromatic carboxylic acids is 1. The van der Waals surface area contributed by atoms with Gasteiger partial charge in [-0.05, 0) is 11.4 Å². The molecule has 1 amide bonds. The molecule has 2 aromatic heterocycles. The minimum absolute atomic E-state index is 0.0443. The lowest BCUT2D eigenvalue weighted by molar-refractivity contribution is -0.0498. The molecule has 0 atom stereocenters. The number of carboxylic acid groups (broad SMARTS) is 1. The van der Waals surface area contributed by atoms with Crippen LogP contribution in [0, 0.1) is 0 Å². The van der Waals surface area contributed by atoms with Crippen LogP contribution in [0.15, 0.2) is 16.8 Å². The molecule has 2 aromatic rings. The molecule has 0 unspecified atom stereocenters. The van der Waals surface area contributed by atoms with E-state index in [0.29, 0.717) is 11.4 Å². The number of aromatic nitrogens is 1. The number of amides is 1. The molecule has 0 fully saturated rings. The molecule has 0 aromatic carbocycles. The van der Waals surface area contributed by atoms with E-state index in [2.05, 4.69) is 15.0 Å². The normalized spacial score (nSPS) is 10.7. The molecule has 2 rings (SSSR count). The van der Waals surface area contributed by atoms with Gasteiger partial charge < -0.3 is 15.2 Å². The molecule has 22 heavy (non-hydrogen) atoms. The summed E-state index contributed by atoms with van der Waals surface area (Å²) in [5.74, 6) is -1.81. The molecule has 0 saturated carbocycles. The number of hydrogen-bond acceptors (Lipinski definition) is 6. The first-order valence-electron chi connectivity index (χ1n) is 5.95. The largest absolute Gasteiger partial charge is 0.476 e. The molecule has 0 aliphatic carbocycles. The van der Waals surface area contributed by atoms with Gasteiger partial charge in [-0.1, -0.05) is 0 Å². The minimum Gasteiger partial charge on any atom is -0.476 e. The number of carbonyl (C=O) groups excluding carboxylic acids is 1. The van der Waals surface area contributed by atoms with Crippen molar-refractivity contribution in [3.63, 3.8) is 0 Å². The molecule has 0 aliphatic rings. The molecule has 2 heterocycles. The summed E-state index contributed by atoms with van der Waals surface area (Å²) in [6, 6.07) is 1.30. The number of alkyl halides is 2. The predicted molar refractivity (Wildman–Crippen MR) is 76.1 cm³/mol. The van der Waals surface area contributed by atoms with Gasteiger partial charge in [0.2, 0.25) is 0 Å². The Morgan fingerprint density at radius 1 is 1.41 bits per heavy atom. The third kappa shape index (κ3) is 4.21. The van der Waals surface area contributed by atoms with Gasteiger partial charge in [0, 0.05) is 18.3 Å². The number of carboxylic acids is 1. The fourth-order valence-corrected chi connectivity index (χ4v) is 3.05. The fourth-order valence-electron chi connectivity index (χ4n) is 1.54. The second-order valence-corrected chi connectivity index (χ2v) is 5.79. The van der Waals surface area contributed by atoms with E-state index in [0.717, 1.165) is 11.3 Å². The fraction of sp³-hybridized carbons (Fsp3) is 0.250. The summed E-state index contributed by atoms with van der Waals surface area (Å²) in [5, 5.41) is 14.7. The van der Waals surface area contributed by atoms with Crippen molar-refractivity contribution >= 4 is 34.6 Å². The molecule has 10 heteroatoms. The Morgan fingerprint density at radius 2 is 2.18 bits per heavy atom. The number of nitrogens with zero attached hydrogens (tertiary/aromatic N) is 1. The monoisotopic (exact) mass is 348 g/mol. The Hall–Kier alpha value is -2.07. The van der Waals surface area contributed by atoms with Crippen LogP contribution in [0.25, 0.3) is 0 Å². The number of thiazole rings is 1. The van der Waals surface area contributed by atoms with Gasteiger partial charge in [0.25, 0.3) is 5.91 Å². The van der Waals surface area contributed by atoms with Crippen LogP contribution < -0.4 is 10.1 Å². The Morgan fingerprint density at radius 3 is 2.82 bits per heavy atom. The lowest BCUT2D eigenvalue weighted by Crippen LogP contribution is -2.25. The summed E-state index contributed by atoms with van der Waals surface area (Å²) in [5.41, 5.74) is -0.0443. The van der Waals surface area contributed by atoms with Gasteiger partial charge in [-0.25, -0.2) is 9.78 Å². The summed E-state index contributed by atoms with van der Waals surface area (Å²) in [7, 11) is 0. The summed E-state index contributed by atoms with van der Waals surface area (Å²) in [4.78, 5) is 26.5. The van der Waals surface area contributed by atoms with E-state index < -0.39 is 18.5 Å². The van der Waals surface area contributed by atoms with Crippen molar-refractivity contribution in [2.75, 3.05) is 6.54 Å². The molecule has 6 nitrogen and oxygen atoms in total. The van der Waals surface area contributed by atoms with Crippen molar-refractivity contribution in [1.82, 2.24) is 10.3 Å². The van der Waals surface area contributed by atoms with Gasteiger partial charge >= 0.3 is 12.6 Å². The van der Waals surface area contributed by atoms with E-state index in [1.165, 1.54) is 28.2 Å². The summed E-state index contributed by atoms with van der Waals surface area (Å²) < 4.78 is 28.6. The lowest BCUT2D eigenvalue weighted by atomic mass is 10.3. The third-order valence-electron chi connectivity index (χ3n) is 2.45. The average molecular weight is 348 g/mol. The topological polar surface area (TPSA) is 88.5 Å². The van der Waals surface area contributed by atoms with Crippen LogP contribution >= 0.6 is 22.7 Å². The van der Waals surface area contributed by atoms with Crippen molar-refractivity contribution in [3.8, 4) is 5.75 Å². The number of rotatable bonds is 7. The number of nitrogens with one attached hydrogen (secondary N) is 1. The van der Waals surface area contributed by atoms with Crippen LogP contribution in [0.5, 0.6) is 5.75 Å². The van der Waals surface area contributed by atoms with Gasteiger partial charge in [-0.15, -0.1) is 22.7 Å². The van der Waals surface area contributed by atoms with Gasteiger partial charge in [0.15, 0.2) is 5.69 Å². The van der Waals surface area contributed by atoms with Crippen LogP contribution in [0.4, 0.5) is 8.78 Å². The maximum absolute atomic E-state index is 12.2. The van der Waals surface area contributed by atoms with Crippen molar-refractivity contribution in [1.29, 1.82) is 0 Å². The Bertz CT molecular complexity index is 672. The van der Waals surface area contributed by atoms with Crippen LogP contribution in [0.2, 0.25) is 0 Å². The highest BCUT2D eigenvalue weighted by molar-refractivity contribution is 7.12. The first kappa shape index (κ1) is 16.3. The molecule has 0 saturated heterocycles. The highest BCUT2D eigenvalue weighted by Gasteiger charge is 2.17. The molecule has 0 aliphatic heterocycles. The molecular weight excluding hydrogens is 338 g/mol. The minimum atomic E-state index is -2.99. The second kappa shape index (κ2) is 7.27. The van der Waals surface area contributed by atoms with Crippen molar-refractivity contribution in [2.24, 2.45) is 0 Å². The van der Waals surface area contributed by atoms with Crippen molar-refractivity contribution < 1.29 is 28.2 Å². The van der Waals surface area contributed by atoms with E-state index in [-0.39, 0.29) is 22.9 Å². The van der Waals surface area contributed by atoms with E-state index in [1.807, 2.05) is 0 Å². The zero-order valence-corrected chi connectivity index (χ0v) is 12.5. The van der Waals surface area contributed by atoms with E-state index in [1.54, 1.807) is 0 Å². The molecule has 118 valence electrons. The molecule has 0 radical (unpaired) electrons. The Balaban J connectivity index is 1.87. The number of hydrogen-bond donors (Lipinski definition) is 2. The molecule has 2 N–H and O–H groups in total. The summed E-state index contributed by atoms with van der Waals surface area (Å²) in [6.45, 7) is -2.79.